The van der Waals surface area contributed by atoms with Gasteiger partial charge in [0, 0.05) is 38.6 Å². The molecule has 0 spiro atoms. The molecule has 8 nitrogen and oxygen atoms in total. The van der Waals surface area contributed by atoms with E-state index in [-0.39, 0.29) is 49.5 Å². The molecule has 268 valence electrons. The minimum atomic E-state index is -4.25. The predicted molar refractivity (Wildman–Crippen MR) is 190 cm³/mol. The van der Waals surface area contributed by atoms with Crippen molar-refractivity contribution in [2.45, 2.75) is 71.8 Å². The molecular formula is C36H40Cl2F4N6O2. The Balaban J connectivity index is 1.46. The minimum absolute atomic E-state index is 0.0463. The third-order valence-electron chi connectivity index (χ3n) is 9.04. The van der Waals surface area contributed by atoms with Gasteiger partial charge in [-0.3, -0.25) is 9.59 Å². The highest BCUT2D eigenvalue weighted by Gasteiger charge is 2.41. The smallest absolute Gasteiger partial charge is 0.370 e. The van der Waals surface area contributed by atoms with Crippen molar-refractivity contribution in [2.75, 3.05) is 17.3 Å². The number of amides is 2. The molecule has 0 aliphatic heterocycles. The zero-order chi connectivity index (χ0) is 36.5. The summed E-state index contributed by atoms with van der Waals surface area (Å²) in [5, 5.41) is 9.69. The van der Waals surface area contributed by atoms with Crippen LogP contribution in [0.5, 0.6) is 0 Å². The van der Waals surface area contributed by atoms with E-state index in [0.29, 0.717) is 50.5 Å². The van der Waals surface area contributed by atoms with Crippen LogP contribution in [0.1, 0.15) is 67.9 Å². The molecule has 1 saturated carbocycles. The number of hydrogen-bond donors (Lipinski definition) is 3. The van der Waals surface area contributed by atoms with Crippen LogP contribution >= 0.6 is 23.2 Å². The number of aromatic nitrogens is 2. The third-order valence-corrected chi connectivity index (χ3v) is 9.79. The van der Waals surface area contributed by atoms with Gasteiger partial charge in [-0.05, 0) is 67.1 Å². The summed E-state index contributed by atoms with van der Waals surface area (Å²) in [7, 11) is 3.59. The van der Waals surface area contributed by atoms with Gasteiger partial charge in [-0.25, -0.2) is 9.37 Å². The summed E-state index contributed by atoms with van der Waals surface area (Å²) >= 11 is 13.3. The van der Waals surface area contributed by atoms with Crippen molar-refractivity contribution in [1.29, 1.82) is 0 Å². The normalized spacial score (nSPS) is 16.7. The van der Waals surface area contributed by atoms with Gasteiger partial charge in [0.05, 0.1) is 43.9 Å². The summed E-state index contributed by atoms with van der Waals surface area (Å²) in [6.45, 7) is 5.97. The standard InChI is InChI=1S/C36H40Cl2F4N6O2/c1-35(2,3)33(50)43-18-21-8-15-26(37)31(30(21)38)46-34-45-27-16-25(32(49)44-24-13-9-22(10-14-24)36(40,41)42)28(17-29(27)48(34)5)47(4)19-20-6-11-23(39)12-7-20/h6-8,11-12,15-17,22,24H,9-10,13-14,18-19H2,1-5H3,(H,43,50)(H,44,49)(H,45,46). The fourth-order valence-corrected chi connectivity index (χ4v) is 6.54. The summed E-state index contributed by atoms with van der Waals surface area (Å²) in [5.74, 6) is -1.93. The molecular weight excluding hydrogens is 695 g/mol. The van der Waals surface area contributed by atoms with E-state index >= 15 is 0 Å². The van der Waals surface area contributed by atoms with Crippen LogP contribution in [0.25, 0.3) is 11.0 Å². The van der Waals surface area contributed by atoms with Crippen LogP contribution in [-0.4, -0.2) is 40.6 Å². The lowest BCUT2D eigenvalue weighted by Gasteiger charge is -2.30. The number of halogens is 6. The largest absolute Gasteiger partial charge is 0.391 e. The van der Waals surface area contributed by atoms with E-state index < -0.39 is 29.5 Å². The van der Waals surface area contributed by atoms with E-state index in [1.165, 1.54) is 12.1 Å². The lowest BCUT2D eigenvalue weighted by Crippen LogP contribution is -2.40. The van der Waals surface area contributed by atoms with Gasteiger partial charge in [-0.2, -0.15) is 13.2 Å². The van der Waals surface area contributed by atoms with Gasteiger partial charge in [0.2, 0.25) is 11.9 Å². The van der Waals surface area contributed by atoms with Crippen molar-refractivity contribution in [3.8, 4) is 0 Å². The quantitative estimate of drug-likeness (QED) is 0.150. The van der Waals surface area contributed by atoms with Crippen LogP contribution in [0.3, 0.4) is 0 Å². The fraction of sp³-hybridized carbons (Fsp3) is 0.417. The van der Waals surface area contributed by atoms with Crippen LogP contribution in [0.4, 0.5) is 34.9 Å². The first-order chi connectivity index (χ1) is 23.4. The molecule has 3 aromatic carbocycles. The number of fused-ring (bicyclic) bond motifs is 1. The summed E-state index contributed by atoms with van der Waals surface area (Å²) in [5.41, 5.74) is 3.22. The van der Waals surface area contributed by atoms with Gasteiger partial charge in [0.1, 0.15) is 5.82 Å². The Morgan fingerprint density at radius 3 is 2.28 bits per heavy atom. The van der Waals surface area contributed by atoms with E-state index in [2.05, 4.69) is 16.0 Å². The Morgan fingerprint density at radius 1 is 1.00 bits per heavy atom. The molecule has 14 heteroatoms. The van der Waals surface area contributed by atoms with Crippen LogP contribution in [0, 0.1) is 17.2 Å². The zero-order valence-corrected chi connectivity index (χ0v) is 30.0. The fourth-order valence-electron chi connectivity index (χ4n) is 6.01. The van der Waals surface area contributed by atoms with E-state index in [1.807, 2.05) is 31.7 Å². The van der Waals surface area contributed by atoms with Gasteiger partial charge in [0.15, 0.2) is 0 Å². The molecule has 1 fully saturated rings. The topological polar surface area (TPSA) is 91.3 Å². The molecule has 0 unspecified atom stereocenters. The Kier molecular flexibility index (Phi) is 10.9. The highest BCUT2D eigenvalue weighted by molar-refractivity contribution is 6.39. The number of benzene rings is 3. The minimum Gasteiger partial charge on any atom is -0.370 e. The predicted octanol–water partition coefficient (Wildman–Crippen LogP) is 8.91. The molecule has 1 heterocycles. The second-order valence-electron chi connectivity index (χ2n) is 13.9. The van der Waals surface area contributed by atoms with Crippen molar-refractivity contribution >= 4 is 63.4 Å². The molecule has 1 aromatic heterocycles. The number of nitrogens with one attached hydrogen (secondary N) is 3. The second-order valence-corrected chi connectivity index (χ2v) is 14.6. The Labute approximate surface area is 298 Å². The van der Waals surface area contributed by atoms with E-state index in [9.17, 15) is 27.2 Å². The first-order valence-corrected chi connectivity index (χ1v) is 17.0. The van der Waals surface area contributed by atoms with Gasteiger partial charge < -0.3 is 25.4 Å². The molecule has 2 amide bonds. The lowest BCUT2D eigenvalue weighted by atomic mass is 9.85. The molecule has 4 aromatic rings. The summed E-state index contributed by atoms with van der Waals surface area (Å²) in [6.07, 6.45) is -3.91. The number of carbonyl (C=O) groups excluding carboxylic acids is 2. The van der Waals surface area contributed by atoms with Gasteiger partial charge in [0.25, 0.3) is 5.91 Å². The lowest BCUT2D eigenvalue weighted by molar-refractivity contribution is -0.182. The zero-order valence-electron chi connectivity index (χ0n) is 28.4. The Bertz CT molecular complexity index is 1880. The molecule has 3 N–H and O–H groups in total. The number of alkyl halides is 3. The van der Waals surface area contributed by atoms with Crippen molar-refractivity contribution in [2.24, 2.45) is 18.4 Å². The third kappa shape index (κ3) is 8.46. The molecule has 50 heavy (non-hydrogen) atoms. The van der Waals surface area contributed by atoms with Crippen LogP contribution in [0.15, 0.2) is 48.5 Å². The number of aryl methyl sites for hydroxylation is 1. The summed E-state index contributed by atoms with van der Waals surface area (Å²) in [4.78, 5) is 32.9. The Hall–Kier alpha value is -4.03. The van der Waals surface area contributed by atoms with Crippen molar-refractivity contribution < 1.29 is 27.2 Å². The van der Waals surface area contributed by atoms with Crippen LogP contribution in [0.2, 0.25) is 10.0 Å². The molecule has 0 atom stereocenters. The number of hydrogen-bond acceptors (Lipinski definition) is 5. The monoisotopic (exact) mass is 734 g/mol. The maximum Gasteiger partial charge on any atom is 0.391 e. The molecule has 1 aliphatic carbocycles. The summed E-state index contributed by atoms with van der Waals surface area (Å²) < 4.78 is 55.2. The number of nitrogens with zero attached hydrogens (tertiary/aromatic N) is 3. The van der Waals surface area contributed by atoms with Gasteiger partial charge >= 0.3 is 6.18 Å². The SMILES string of the molecule is CN(Cc1ccc(F)cc1)c1cc2c(cc1C(=O)NC1CCC(C(F)(F)F)CC1)nc(Nc1c(Cl)ccc(CNC(=O)C(C)(C)C)c1Cl)n2C. The van der Waals surface area contributed by atoms with Crippen LogP contribution in [-0.2, 0) is 24.9 Å². The number of anilines is 3. The van der Waals surface area contributed by atoms with Crippen LogP contribution < -0.4 is 20.9 Å². The number of carbonyl (C=O) groups is 2. The van der Waals surface area contributed by atoms with E-state index in [0.717, 1.165) is 5.56 Å². The number of rotatable bonds is 9. The highest BCUT2D eigenvalue weighted by atomic mass is 35.5. The Morgan fingerprint density at radius 2 is 1.66 bits per heavy atom. The van der Waals surface area contributed by atoms with Crippen molar-refractivity contribution in [1.82, 2.24) is 20.2 Å². The maximum absolute atomic E-state index is 13.8. The summed E-state index contributed by atoms with van der Waals surface area (Å²) in [6, 6.07) is 12.5. The van der Waals surface area contributed by atoms with Gasteiger partial charge in [-0.1, -0.05) is 62.2 Å². The highest BCUT2D eigenvalue weighted by Crippen LogP contribution is 2.39. The van der Waals surface area contributed by atoms with E-state index in [4.69, 9.17) is 28.2 Å². The molecule has 0 saturated heterocycles. The van der Waals surface area contributed by atoms with E-state index in [1.54, 1.807) is 49.0 Å². The number of imidazole rings is 1. The first kappa shape index (κ1) is 37.2. The molecule has 5 rings (SSSR count). The van der Waals surface area contributed by atoms with Crippen molar-refractivity contribution in [3.05, 3.63) is 81.1 Å². The average molecular weight is 736 g/mol. The second kappa shape index (κ2) is 14.7. The van der Waals surface area contributed by atoms with Gasteiger partial charge in [-0.15, -0.1) is 0 Å². The first-order valence-electron chi connectivity index (χ1n) is 16.3. The molecule has 0 radical (unpaired) electrons. The average Bonchev–Trinajstić information content (AvgIpc) is 3.35. The molecule has 1 aliphatic rings. The maximum atomic E-state index is 13.8. The van der Waals surface area contributed by atoms with Crippen molar-refractivity contribution in [3.63, 3.8) is 0 Å². The molecule has 0 bridgehead atoms.